The van der Waals surface area contributed by atoms with Crippen LogP contribution in [0.15, 0.2) is 9.24 Å². The minimum Gasteiger partial charge on any atom is -0.198 e. The molecule has 13 heavy (non-hydrogen) atoms. The maximum Gasteiger partial charge on any atom is 0.290 e. The number of alkyl halides is 2. The zero-order valence-electron chi connectivity index (χ0n) is 6.45. The van der Waals surface area contributed by atoms with Gasteiger partial charge in [0.1, 0.15) is 16.7 Å². The smallest absolute Gasteiger partial charge is 0.198 e. The van der Waals surface area contributed by atoms with Crippen LogP contribution in [0.1, 0.15) is 5.56 Å². The van der Waals surface area contributed by atoms with Crippen LogP contribution >= 0.6 is 35.1 Å². The molecule has 0 saturated heterocycles. The number of hydrogen-bond donors (Lipinski definition) is 0. The van der Waals surface area contributed by atoms with Crippen LogP contribution in [0.3, 0.4) is 0 Å². The van der Waals surface area contributed by atoms with Gasteiger partial charge in [-0.2, -0.15) is 18.4 Å². The highest BCUT2D eigenvalue weighted by atomic mass is 32.2. The van der Waals surface area contributed by atoms with Crippen LogP contribution < -0.4 is 0 Å². The summed E-state index contributed by atoms with van der Waals surface area (Å²) in [7, 11) is 0. The van der Waals surface area contributed by atoms with Crippen LogP contribution in [0.5, 0.6) is 0 Å². The van der Waals surface area contributed by atoms with Crippen molar-refractivity contribution in [3.05, 3.63) is 5.56 Å². The number of nitriles is 1. The minimum atomic E-state index is -2.52. The Labute approximate surface area is 86.5 Å². The molecule has 0 N–H and O–H groups in total. The van der Waals surface area contributed by atoms with Gasteiger partial charge in [0.2, 0.25) is 0 Å². The summed E-state index contributed by atoms with van der Waals surface area (Å²) in [6.07, 6.45) is 1.78. The molecule has 70 valence electrons. The van der Waals surface area contributed by atoms with Gasteiger partial charge in [0.25, 0.3) is 5.76 Å². The lowest BCUT2D eigenvalue weighted by Crippen LogP contribution is -1.84. The monoisotopic (exact) mass is 238 g/mol. The van der Waals surface area contributed by atoms with Gasteiger partial charge in [-0.1, -0.05) is 0 Å². The fourth-order valence-electron chi connectivity index (χ4n) is 0.659. The maximum absolute atomic E-state index is 12.0. The zero-order valence-corrected chi connectivity index (χ0v) is 8.90. The van der Waals surface area contributed by atoms with E-state index in [9.17, 15) is 8.78 Å². The van der Waals surface area contributed by atoms with Crippen molar-refractivity contribution < 1.29 is 8.78 Å². The molecular weight excluding hydrogens is 234 g/mol. The molecule has 0 radical (unpaired) electrons. The average Bonchev–Trinajstić information content (AvgIpc) is 2.45. The largest absolute Gasteiger partial charge is 0.290 e. The van der Waals surface area contributed by atoms with Crippen molar-refractivity contribution in [2.75, 3.05) is 6.26 Å². The summed E-state index contributed by atoms with van der Waals surface area (Å²) in [6, 6.07) is 1.87. The topological polar surface area (TPSA) is 36.7 Å². The lowest BCUT2D eigenvalue weighted by molar-refractivity contribution is 0.252. The Morgan fingerprint density at radius 2 is 2.31 bits per heavy atom. The molecule has 0 spiro atoms. The van der Waals surface area contributed by atoms with Crippen LogP contribution in [-0.4, -0.2) is 16.4 Å². The fourth-order valence-corrected chi connectivity index (χ4v) is 2.75. The molecule has 1 heterocycles. The zero-order chi connectivity index (χ0) is 9.84. The highest BCUT2D eigenvalue weighted by Gasteiger charge is 2.17. The normalized spacial score (nSPS) is 10.4. The first kappa shape index (κ1) is 10.8. The molecule has 0 bridgehead atoms. The molecule has 0 fully saturated rings. The standard InChI is InChI=1S/C6H4F2N2S3/c1-11-5-3(2-9)4(10-13-5)12-6(7)8/h6H,1H3. The van der Waals surface area contributed by atoms with Crippen molar-refractivity contribution in [1.82, 2.24) is 4.37 Å². The number of hydrogen-bond acceptors (Lipinski definition) is 5. The molecule has 0 saturated carbocycles. The number of halogens is 2. The summed E-state index contributed by atoms with van der Waals surface area (Å²) in [5, 5.41) is 8.81. The average molecular weight is 238 g/mol. The van der Waals surface area contributed by atoms with Crippen LogP contribution in [0.4, 0.5) is 8.78 Å². The summed E-state index contributed by atoms with van der Waals surface area (Å²) in [5.74, 6) is -2.52. The summed E-state index contributed by atoms with van der Waals surface area (Å²) < 4.78 is 28.4. The number of thioether (sulfide) groups is 2. The summed E-state index contributed by atoms with van der Waals surface area (Å²) in [5.41, 5.74) is 0.266. The van der Waals surface area contributed by atoms with E-state index in [1.807, 2.05) is 6.07 Å². The third-order valence-corrected chi connectivity index (χ3v) is 3.88. The number of aromatic nitrogens is 1. The van der Waals surface area contributed by atoms with Gasteiger partial charge in [-0.3, -0.25) is 0 Å². The van der Waals surface area contributed by atoms with E-state index in [2.05, 4.69) is 4.37 Å². The van der Waals surface area contributed by atoms with E-state index in [0.717, 1.165) is 11.5 Å². The summed E-state index contributed by atoms with van der Waals surface area (Å²) in [6.45, 7) is 0. The Morgan fingerprint density at radius 1 is 1.62 bits per heavy atom. The SMILES string of the molecule is CSc1snc(SC(F)F)c1C#N. The number of nitrogens with zero attached hydrogens (tertiary/aromatic N) is 2. The third kappa shape index (κ3) is 2.56. The molecule has 0 aliphatic rings. The van der Waals surface area contributed by atoms with Gasteiger partial charge in [-0.05, 0) is 29.6 Å². The second kappa shape index (κ2) is 4.79. The van der Waals surface area contributed by atoms with Crippen molar-refractivity contribution in [1.29, 1.82) is 5.26 Å². The van der Waals surface area contributed by atoms with E-state index in [4.69, 9.17) is 5.26 Å². The van der Waals surface area contributed by atoms with Crippen LogP contribution in [-0.2, 0) is 0 Å². The molecule has 0 aliphatic carbocycles. The lowest BCUT2D eigenvalue weighted by Gasteiger charge is -1.94. The van der Waals surface area contributed by atoms with Gasteiger partial charge in [-0.25, -0.2) is 0 Å². The Balaban J connectivity index is 2.96. The van der Waals surface area contributed by atoms with Gasteiger partial charge in [0, 0.05) is 0 Å². The van der Waals surface area contributed by atoms with Gasteiger partial charge in [0.05, 0.1) is 4.21 Å². The first-order chi connectivity index (χ1) is 6.19. The molecule has 0 aliphatic heterocycles. The molecule has 7 heteroatoms. The molecule has 2 nitrogen and oxygen atoms in total. The van der Waals surface area contributed by atoms with Crippen molar-refractivity contribution in [2.24, 2.45) is 0 Å². The predicted octanol–water partition coefficient (Wildman–Crippen LogP) is 3.05. The molecule has 0 aromatic carbocycles. The van der Waals surface area contributed by atoms with E-state index >= 15 is 0 Å². The lowest BCUT2D eigenvalue weighted by atomic mass is 10.4. The van der Waals surface area contributed by atoms with Crippen molar-refractivity contribution >= 4 is 35.1 Å². The van der Waals surface area contributed by atoms with Crippen molar-refractivity contribution in [3.63, 3.8) is 0 Å². The van der Waals surface area contributed by atoms with Gasteiger partial charge in [0.15, 0.2) is 0 Å². The second-order valence-electron chi connectivity index (χ2n) is 1.84. The first-order valence-corrected chi connectivity index (χ1v) is 5.95. The first-order valence-electron chi connectivity index (χ1n) is 3.07. The van der Waals surface area contributed by atoms with Crippen LogP contribution in [0, 0.1) is 11.3 Å². The minimum absolute atomic E-state index is 0.131. The van der Waals surface area contributed by atoms with Crippen LogP contribution in [0.2, 0.25) is 0 Å². The highest BCUT2D eigenvalue weighted by molar-refractivity contribution is 8.01. The third-order valence-electron chi connectivity index (χ3n) is 1.13. The van der Waals surface area contributed by atoms with Gasteiger partial charge in [-0.15, -0.1) is 11.8 Å². The second-order valence-corrected chi connectivity index (χ2v) is 4.67. The Morgan fingerprint density at radius 3 is 2.77 bits per heavy atom. The number of rotatable bonds is 3. The molecular formula is C6H4F2N2S3. The molecule has 1 rings (SSSR count). The molecule has 0 atom stereocenters. The Hall–Kier alpha value is -0.320. The van der Waals surface area contributed by atoms with Crippen LogP contribution in [0.25, 0.3) is 0 Å². The quantitative estimate of drug-likeness (QED) is 0.758. The van der Waals surface area contributed by atoms with E-state index < -0.39 is 5.76 Å². The molecule has 1 aromatic rings. The van der Waals surface area contributed by atoms with E-state index in [0.29, 0.717) is 16.0 Å². The molecule has 1 aromatic heterocycles. The van der Waals surface area contributed by atoms with Gasteiger partial charge < -0.3 is 0 Å². The molecule has 0 amide bonds. The molecule has 0 unspecified atom stereocenters. The highest BCUT2D eigenvalue weighted by Crippen LogP contribution is 2.35. The fraction of sp³-hybridized carbons (Fsp3) is 0.333. The maximum atomic E-state index is 12.0. The van der Waals surface area contributed by atoms with Crippen molar-refractivity contribution in [3.8, 4) is 6.07 Å². The Bertz CT molecular complexity index is 331. The summed E-state index contributed by atoms with van der Waals surface area (Å²) >= 11 is 2.74. The van der Waals surface area contributed by atoms with E-state index in [1.165, 1.54) is 11.8 Å². The summed E-state index contributed by atoms with van der Waals surface area (Å²) in [4.78, 5) is 0. The predicted molar refractivity (Wildman–Crippen MR) is 50.5 cm³/mol. The van der Waals surface area contributed by atoms with Crippen molar-refractivity contribution in [2.45, 2.75) is 15.0 Å². The van der Waals surface area contributed by atoms with E-state index in [-0.39, 0.29) is 10.6 Å². The Kier molecular flexibility index (Phi) is 3.96. The van der Waals surface area contributed by atoms with Gasteiger partial charge >= 0.3 is 0 Å². The van der Waals surface area contributed by atoms with E-state index in [1.54, 1.807) is 6.26 Å².